The highest BCUT2D eigenvalue weighted by atomic mass is 16.5. The molecule has 6 atom stereocenters. The van der Waals surface area contributed by atoms with Crippen molar-refractivity contribution in [3.05, 3.63) is 24.0 Å². The van der Waals surface area contributed by atoms with Crippen LogP contribution in [-0.4, -0.2) is 18.7 Å². The zero-order valence-electron chi connectivity index (χ0n) is 16.4. The van der Waals surface area contributed by atoms with Gasteiger partial charge in [0.05, 0.1) is 13.4 Å². The molecular weight excluding hydrogens is 324 g/mol. The summed E-state index contributed by atoms with van der Waals surface area (Å²) in [6.45, 7) is 4.80. The SMILES string of the molecule is CO/C=C/C(=O)[C@H]1CC[C@H]2[C@@H]3CCC4=CC(=O)CC[C@]4(C)[C@H]3CC[C@]12C. The molecule has 4 rings (SSSR count). The standard InChI is InChI=1S/C23H32O3/c1-22-11-8-16(24)14-15(22)4-5-17-18-6-7-20(21(25)10-13-26-3)23(18,2)12-9-19(17)22/h10,13-14,17-20H,4-9,11-12H2,1-3H3/b13-10+/t17-,18-,19-,20+,22-,23-/m0/s1. The lowest BCUT2D eigenvalue weighted by Gasteiger charge is -2.58. The number of fused-ring (bicyclic) bond motifs is 5. The van der Waals surface area contributed by atoms with Crippen LogP contribution < -0.4 is 0 Å². The Hall–Kier alpha value is -1.38. The van der Waals surface area contributed by atoms with Crippen molar-refractivity contribution in [2.45, 2.75) is 65.2 Å². The molecule has 4 aliphatic carbocycles. The molecular formula is C23H32O3. The normalized spacial score (nSPS) is 44.9. The molecule has 3 heteroatoms. The number of carbonyl (C=O) groups excluding carboxylic acids is 2. The van der Waals surface area contributed by atoms with E-state index in [-0.39, 0.29) is 22.5 Å². The van der Waals surface area contributed by atoms with Crippen LogP contribution in [0.15, 0.2) is 24.0 Å². The van der Waals surface area contributed by atoms with Crippen molar-refractivity contribution in [1.29, 1.82) is 0 Å². The van der Waals surface area contributed by atoms with Crippen molar-refractivity contribution in [3.63, 3.8) is 0 Å². The molecule has 0 aromatic rings. The topological polar surface area (TPSA) is 43.4 Å². The van der Waals surface area contributed by atoms with E-state index in [0.717, 1.165) is 25.7 Å². The zero-order valence-corrected chi connectivity index (χ0v) is 16.4. The summed E-state index contributed by atoms with van der Waals surface area (Å²) in [6.07, 6.45) is 13.7. The molecule has 3 saturated carbocycles. The van der Waals surface area contributed by atoms with Gasteiger partial charge in [0.1, 0.15) is 0 Å². The highest BCUT2D eigenvalue weighted by Crippen LogP contribution is 2.66. The Morgan fingerprint density at radius 3 is 2.69 bits per heavy atom. The van der Waals surface area contributed by atoms with E-state index in [2.05, 4.69) is 13.8 Å². The largest absolute Gasteiger partial charge is 0.504 e. The first-order valence-corrected chi connectivity index (χ1v) is 10.4. The zero-order chi connectivity index (χ0) is 18.5. The summed E-state index contributed by atoms with van der Waals surface area (Å²) in [5, 5.41) is 0. The van der Waals surface area contributed by atoms with Crippen LogP contribution in [-0.2, 0) is 14.3 Å². The summed E-state index contributed by atoms with van der Waals surface area (Å²) >= 11 is 0. The number of allylic oxidation sites excluding steroid dienone is 2. The van der Waals surface area contributed by atoms with Crippen molar-refractivity contribution in [1.82, 2.24) is 0 Å². The quantitative estimate of drug-likeness (QED) is 0.535. The molecule has 142 valence electrons. The van der Waals surface area contributed by atoms with Gasteiger partial charge in [-0.3, -0.25) is 9.59 Å². The fraction of sp³-hybridized carbons (Fsp3) is 0.739. The van der Waals surface area contributed by atoms with Gasteiger partial charge in [0, 0.05) is 18.4 Å². The number of hydrogen-bond donors (Lipinski definition) is 0. The van der Waals surface area contributed by atoms with Crippen LogP contribution in [0.1, 0.15) is 65.2 Å². The van der Waals surface area contributed by atoms with Gasteiger partial charge in [-0.25, -0.2) is 0 Å². The predicted molar refractivity (Wildman–Crippen MR) is 101 cm³/mol. The van der Waals surface area contributed by atoms with Gasteiger partial charge in [-0.05, 0) is 79.6 Å². The average molecular weight is 357 g/mol. The molecule has 0 radical (unpaired) electrons. The van der Waals surface area contributed by atoms with E-state index in [1.807, 2.05) is 6.08 Å². The van der Waals surface area contributed by atoms with Crippen LogP contribution in [0.25, 0.3) is 0 Å². The van der Waals surface area contributed by atoms with Crippen LogP contribution in [0.4, 0.5) is 0 Å². The van der Waals surface area contributed by atoms with Crippen LogP contribution >= 0.6 is 0 Å². The number of carbonyl (C=O) groups is 2. The molecule has 26 heavy (non-hydrogen) atoms. The summed E-state index contributed by atoms with van der Waals surface area (Å²) in [5.41, 5.74) is 1.78. The van der Waals surface area contributed by atoms with Crippen LogP contribution in [0.3, 0.4) is 0 Å². The minimum atomic E-state index is 0.137. The Balaban J connectivity index is 1.60. The lowest BCUT2D eigenvalue weighted by Crippen LogP contribution is -2.51. The van der Waals surface area contributed by atoms with Crippen LogP contribution in [0.5, 0.6) is 0 Å². The Bertz CT molecular complexity index is 675. The molecule has 4 aliphatic rings. The highest BCUT2D eigenvalue weighted by Gasteiger charge is 2.59. The van der Waals surface area contributed by atoms with Crippen molar-refractivity contribution >= 4 is 11.6 Å². The minimum absolute atomic E-state index is 0.137. The van der Waals surface area contributed by atoms with E-state index in [0.29, 0.717) is 30.0 Å². The second kappa shape index (κ2) is 6.35. The van der Waals surface area contributed by atoms with Gasteiger partial charge in [-0.15, -0.1) is 0 Å². The second-order valence-electron chi connectivity index (χ2n) is 9.58. The molecule has 0 bridgehead atoms. The molecule has 0 aromatic carbocycles. The maximum atomic E-state index is 12.7. The Morgan fingerprint density at radius 1 is 1.12 bits per heavy atom. The van der Waals surface area contributed by atoms with Crippen molar-refractivity contribution in [2.24, 2.45) is 34.5 Å². The van der Waals surface area contributed by atoms with Crippen molar-refractivity contribution < 1.29 is 14.3 Å². The monoisotopic (exact) mass is 356 g/mol. The maximum absolute atomic E-state index is 12.7. The molecule has 0 amide bonds. The minimum Gasteiger partial charge on any atom is -0.504 e. The Kier molecular flexibility index (Phi) is 4.40. The van der Waals surface area contributed by atoms with Gasteiger partial charge < -0.3 is 4.74 Å². The van der Waals surface area contributed by atoms with E-state index >= 15 is 0 Å². The third-order valence-electron chi connectivity index (χ3n) is 8.67. The van der Waals surface area contributed by atoms with Gasteiger partial charge in [0.25, 0.3) is 0 Å². The first-order chi connectivity index (χ1) is 12.4. The molecule has 0 aromatic heterocycles. The van der Waals surface area contributed by atoms with E-state index < -0.39 is 0 Å². The van der Waals surface area contributed by atoms with Gasteiger partial charge in [0.2, 0.25) is 0 Å². The average Bonchev–Trinajstić information content (AvgIpc) is 2.97. The number of rotatable bonds is 3. The van der Waals surface area contributed by atoms with E-state index in [1.54, 1.807) is 13.2 Å². The van der Waals surface area contributed by atoms with E-state index in [9.17, 15) is 9.59 Å². The Morgan fingerprint density at radius 2 is 1.92 bits per heavy atom. The van der Waals surface area contributed by atoms with Gasteiger partial charge in [-0.1, -0.05) is 19.4 Å². The van der Waals surface area contributed by atoms with Crippen LogP contribution in [0, 0.1) is 34.5 Å². The summed E-state index contributed by atoms with van der Waals surface area (Å²) in [6, 6.07) is 0. The van der Waals surface area contributed by atoms with Crippen LogP contribution in [0.2, 0.25) is 0 Å². The highest BCUT2D eigenvalue weighted by molar-refractivity contribution is 5.92. The van der Waals surface area contributed by atoms with E-state index in [4.69, 9.17) is 4.74 Å². The first kappa shape index (κ1) is 18.0. The molecule has 0 saturated heterocycles. The third kappa shape index (κ3) is 2.53. The van der Waals surface area contributed by atoms with Crippen molar-refractivity contribution in [2.75, 3.05) is 7.11 Å². The number of hydrogen-bond acceptors (Lipinski definition) is 3. The molecule has 3 fully saturated rings. The number of ether oxygens (including phenoxy) is 1. The summed E-state index contributed by atoms with van der Waals surface area (Å²) in [4.78, 5) is 24.7. The molecule has 0 unspecified atom stereocenters. The fourth-order valence-corrected chi connectivity index (χ4v) is 7.28. The molecule has 0 aliphatic heterocycles. The summed E-state index contributed by atoms with van der Waals surface area (Å²) in [5.74, 6) is 2.79. The second-order valence-corrected chi connectivity index (χ2v) is 9.58. The van der Waals surface area contributed by atoms with Gasteiger partial charge in [0.15, 0.2) is 11.6 Å². The third-order valence-corrected chi connectivity index (χ3v) is 8.67. The fourth-order valence-electron chi connectivity index (χ4n) is 7.28. The lowest BCUT2D eigenvalue weighted by molar-refractivity contribution is -0.126. The van der Waals surface area contributed by atoms with Gasteiger partial charge >= 0.3 is 0 Å². The molecule has 0 spiro atoms. The van der Waals surface area contributed by atoms with Crippen molar-refractivity contribution in [3.8, 4) is 0 Å². The van der Waals surface area contributed by atoms with E-state index in [1.165, 1.54) is 31.1 Å². The maximum Gasteiger partial charge on any atom is 0.162 e. The number of methoxy groups -OCH3 is 1. The summed E-state index contributed by atoms with van der Waals surface area (Å²) < 4.78 is 4.97. The molecule has 0 heterocycles. The molecule has 3 nitrogen and oxygen atoms in total. The summed E-state index contributed by atoms with van der Waals surface area (Å²) in [7, 11) is 1.59. The van der Waals surface area contributed by atoms with Gasteiger partial charge in [-0.2, -0.15) is 0 Å². The predicted octanol–water partition coefficient (Wildman–Crippen LogP) is 4.86. The number of ketones is 2. The Labute approximate surface area is 157 Å². The smallest absolute Gasteiger partial charge is 0.162 e. The first-order valence-electron chi connectivity index (χ1n) is 10.4. The molecule has 0 N–H and O–H groups in total. The lowest BCUT2D eigenvalue weighted by atomic mass is 9.46.